The molecule has 1 aromatic heterocycles. The standard InChI is InChI=1S/C19H26N6O3/c1-18(2,3)28-17(27)24-12-10-19(4,11-13-24)15(26)25(16-20-22-23-21-16)14-8-6-5-7-9-14/h5-9H,10-13H2,1-4H3,(H,20,21,22,23). The normalized spacial score (nSPS) is 16.5. The number of ether oxygens (including phenoxy) is 1. The summed E-state index contributed by atoms with van der Waals surface area (Å²) in [5.41, 5.74) is -0.514. The van der Waals surface area contributed by atoms with Crippen LogP contribution in [-0.4, -0.2) is 56.2 Å². The number of hydrogen-bond donors (Lipinski definition) is 1. The van der Waals surface area contributed by atoms with Gasteiger partial charge in [-0.15, -0.1) is 0 Å². The molecule has 28 heavy (non-hydrogen) atoms. The first-order chi connectivity index (χ1) is 13.2. The number of anilines is 2. The maximum absolute atomic E-state index is 13.5. The number of tetrazole rings is 1. The quantitative estimate of drug-likeness (QED) is 0.870. The molecule has 150 valence electrons. The van der Waals surface area contributed by atoms with Crippen LogP contribution in [0.1, 0.15) is 40.5 Å². The van der Waals surface area contributed by atoms with Gasteiger partial charge in [0.15, 0.2) is 0 Å². The molecule has 1 aliphatic rings. The van der Waals surface area contributed by atoms with E-state index in [1.165, 1.54) is 4.90 Å². The lowest BCUT2D eigenvalue weighted by atomic mass is 9.79. The Labute approximate surface area is 164 Å². The average molecular weight is 386 g/mol. The summed E-state index contributed by atoms with van der Waals surface area (Å²) in [4.78, 5) is 29.0. The molecule has 2 aromatic rings. The zero-order chi connectivity index (χ0) is 20.4. The first kappa shape index (κ1) is 19.8. The summed E-state index contributed by atoms with van der Waals surface area (Å²) in [7, 11) is 0. The van der Waals surface area contributed by atoms with Crippen molar-refractivity contribution in [1.29, 1.82) is 0 Å². The number of para-hydroxylation sites is 1. The molecular formula is C19H26N6O3. The fourth-order valence-electron chi connectivity index (χ4n) is 3.15. The summed E-state index contributed by atoms with van der Waals surface area (Å²) >= 11 is 0. The van der Waals surface area contributed by atoms with Crippen molar-refractivity contribution in [1.82, 2.24) is 25.5 Å². The number of likely N-dealkylation sites (tertiary alicyclic amines) is 1. The minimum atomic E-state index is -0.652. The van der Waals surface area contributed by atoms with Gasteiger partial charge in [-0.1, -0.05) is 30.2 Å². The maximum Gasteiger partial charge on any atom is 0.410 e. The van der Waals surface area contributed by atoms with E-state index in [9.17, 15) is 9.59 Å². The number of carbonyl (C=O) groups excluding carboxylic acids is 2. The fourth-order valence-corrected chi connectivity index (χ4v) is 3.15. The van der Waals surface area contributed by atoms with Gasteiger partial charge in [-0.3, -0.25) is 4.79 Å². The highest BCUT2D eigenvalue weighted by molar-refractivity contribution is 6.02. The van der Waals surface area contributed by atoms with Gasteiger partial charge in [-0.25, -0.2) is 14.8 Å². The molecule has 0 bridgehead atoms. The number of nitrogens with zero attached hydrogens (tertiary/aromatic N) is 5. The molecule has 0 spiro atoms. The van der Waals surface area contributed by atoms with Crippen LogP contribution < -0.4 is 4.90 Å². The van der Waals surface area contributed by atoms with E-state index in [4.69, 9.17) is 4.74 Å². The molecule has 0 atom stereocenters. The monoisotopic (exact) mass is 386 g/mol. The Morgan fingerprint density at radius 3 is 2.36 bits per heavy atom. The molecule has 1 saturated heterocycles. The highest BCUT2D eigenvalue weighted by atomic mass is 16.6. The molecule has 9 nitrogen and oxygen atoms in total. The largest absolute Gasteiger partial charge is 0.444 e. The Bertz CT molecular complexity index is 808. The molecule has 1 aliphatic heterocycles. The smallest absolute Gasteiger partial charge is 0.410 e. The highest BCUT2D eigenvalue weighted by Gasteiger charge is 2.42. The van der Waals surface area contributed by atoms with Crippen LogP contribution in [0.2, 0.25) is 0 Å². The third-order valence-electron chi connectivity index (χ3n) is 4.80. The zero-order valence-corrected chi connectivity index (χ0v) is 16.7. The zero-order valence-electron chi connectivity index (χ0n) is 16.7. The fraction of sp³-hybridized carbons (Fsp3) is 0.526. The highest BCUT2D eigenvalue weighted by Crippen LogP contribution is 2.37. The molecule has 2 amide bonds. The van der Waals surface area contributed by atoms with Gasteiger partial charge in [0.05, 0.1) is 11.1 Å². The minimum Gasteiger partial charge on any atom is -0.444 e. The SMILES string of the molecule is CC(C)(C)OC(=O)N1CCC(C)(C(=O)N(c2ccccc2)c2nnn[nH]2)CC1. The molecule has 0 aliphatic carbocycles. The molecule has 1 aromatic carbocycles. The van der Waals surface area contributed by atoms with Crippen molar-refractivity contribution in [3.8, 4) is 0 Å². The Balaban J connectivity index is 1.76. The number of hydrogen-bond acceptors (Lipinski definition) is 6. The Morgan fingerprint density at radius 2 is 1.82 bits per heavy atom. The number of aromatic amines is 1. The number of piperidine rings is 1. The van der Waals surface area contributed by atoms with E-state index >= 15 is 0 Å². The molecule has 3 rings (SSSR count). The molecule has 2 heterocycles. The molecule has 0 radical (unpaired) electrons. The van der Waals surface area contributed by atoms with Gasteiger partial charge < -0.3 is 9.64 Å². The third-order valence-corrected chi connectivity index (χ3v) is 4.80. The van der Waals surface area contributed by atoms with Crippen LogP contribution in [0.4, 0.5) is 16.4 Å². The number of nitrogens with one attached hydrogen (secondary N) is 1. The van der Waals surface area contributed by atoms with Crippen molar-refractivity contribution < 1.29 is 14.3 Å². The van der Waals surface area contributed by atoms with E-state index in [0.29, 0.717) is 31.6 Å². The number of carbonyl (C=O) groups is 2. The van der Waals surface area contributed by atoms with Gasteiger partial charge in [0.1, 0.15) is 5.60 Å². The summed E-state index contributed by atoms with van der Waals surface area (Å²) in [5, 5.41) is 13.8. The van der Waals surface area contributed by atoms with Crippen LogP contribution in [0.5, 0.6) is 0 Å². The van der Waals surface area contributed by atoms with Crippen molar-refractivity contribution in [3.63, 3.8) is 0 Å². The maximum atomic E-state index is 13.5. The number of benzene rings is 1. The van der Waals surface area contributed by atoms with Crippen LogP contribution in [0.25, 0.3) is 0 Å². The van der Waals surface area contributed by atoms with E-state index in [0.717, 1.165) is 0 Å². The second kappa shape index (κ2) is 7.57. The van der Waals surface area contributed by atoms with E-state index in [-0.39, 0.29) is 17.9 Å². The van der Waals surface area contributed by atoms with Crippen LogP contribution >= 0.6 is 0 Å². The predicted molar refractivity (Wildman–Crippen MR) is 103 cm³/mol. The summed E-state index contributed by atoms with van der Waals surface area (Å²) in [6, 6.07) is 9.25. The van der Waals surface area contributed by atoms with Crippen LogP contribution in [0.3, 0.4) is 0 Å². The van der Waals surface area contributed by atoms with E-state index in [1.54, 1.807) is 4.90 Å². The lowest BCUT2D eigenvalue weighted by Crippen LogP contribution is -2.50. The van der Waals surface area contributed by atoms with Gasteiger partial charge >= 0.3 is 6.09 Å². The Kier molecular flexibility index (Phi) is 5.35. The van der Waals surface area contributed by atoms with E-state index < -0.39 is 11.0 Å². The van der Waals surface area contributed by atoms with Crippen molar-refractivity contribution in [2.75, 3.05) is 18.0 Å². The Morgan fingerprint density at radius 1 is 1.18 bits per heavy atom. The lowest BCUT2D eigenvalue weighted by Gasteiger charge is -2.40. The summed E-state index contributed by atoms with van der Waals surface area (Å²) in [6.07, 6.45) is 0.702. The second-order valence-electron chi connectivity index (χ2n) is 8.23. The third kappa shape index (κ3) is 4.29. The van der Waals surface area contributed by atoms with Gasteiger partial charge in [-0.2, -0.15) is 0 Å². The second-order valence-corrected chi connectivity index (χ2v) is 8.23. The minimum absolute atomic E-state index is 0.110. The van der Waals surface area contributed by atoms with Gasteiger partial charge in [0, 0.05) is 13.1 Å². The van der Waals surface area contributed by atoms with Crippen molar-refractivity contribution in [2.24, 2.45) is 5.41 Å². The first-order valence-electron chi connectivity index (χ1n) is 9.31. The molecule has 0 unspecified atom stereocenters. The summed E-state index contributed by atoms with van der Waals surface area (Å²) in [6.45, 7) is 8.34. The molecular weight excluding hydrogens is 360 g/mol. The molecule has 9 heteroatoms. The average Bonchev–Trinajstić information content (AvgIpc) is 3.16. The molecule has 0 saturated carbocycles. The summed E-state index contributed by atoms with van der Waals surface area (Å²) in [5.74, 6) is 0.160. The van der Waals surface area contributed by atoms with Crippen LogP contribution in [0, 0.1) is 5.41 Å². The van der Waals surface area contributed by atoms with Crippen LogP contribution in [-0.2, 0) is 9.53 Å². The summed E-state index contributed by atoms with van der Waals surface area (Å²) < 4.78 is 5.44. The van der Waals surface area contributed by atoms with Gasteiger partial charge in [-0.05, 0) is 56.2 Å². The van der Waals surface area contributed by atoms with E-state index in [2.05, 4.69) is 20.6 Å². The topological polar surface area (TPSA) is 104 Å². The van der Waals surface area contributed by atoms with Crippen LogP contribution in [0.15, 0.2) is 30.3 Å². The van der Waals surface area contributed by atoms with Crippen molar-refractivity contribution in [3.05, 3.63) is 30.3 Å². The number of H-pyrrole nitrogens is 1. The first-order valence-corrected chi connectivity index (χ1v) is 9.31. The molecule has 1 N–H and O–H groups in total. The van der Waals surface area contributed by atoms with E-state index in [1.807, 2.05) is 58.0 Å². The van der Waals surface area contributed by atoms with Crippen molar-refractivity contribution in [2.45, 2.75) is 46.1 Å². The number of amides is 2. The molecule has 1 fully saturated rings. The lowest BCUT2D eigenvalue weighted by molar-refractivity contribution is -0.129. The van der Waals surface area contributed by atoms with Crippen molar-refractivity contribution >= 4 is 23.6 Å². The van der Waals surface area contributed by atoms with Gasteiger partial charge in [0.25, 0.3) is 5.95 Å². The Hall–Kier alpha value is -2.97. The van der Waals surface area contributed by atoms with Gasteiger partial charge in [0.2, 0.25) is 5.91 Å². The predicted octanol–water partition coefficient (Wildman–Crippen LogP) is 2.90. The number of aromatic nitrogens is 4. The number of rotatable bonds is 3.